The molecule has 1 nitrogen and oxygen atoms in total. The topological polar surface area (TPSA) is 12.4 Å². The summed E-state index contributed by atoms with van der Waals surface area (Å²) in [5.74, 6) is 0. The zero-order valence-corrected chi connectivity index (χ0v) is 37.4. The van der Waals surface area contributed by atoms with E-state index in [2.05, 4.69) is 240 Å². The van der Waals surface area contributed by atoms with Gasteiger partial charge in [0.15, 0.2) is 0 Å². The van der Waals surface area contributed by atoms with Crippen molar-refractivity contribution in [2.75, 3.05) is 0 Å². The first-order valence-corrected chi connectivity index (χ1v) is 22.8. The lowest BCUT2D eigenvalue weighted by molar-refractivity contribution is 1.40. The van der Waals surface area contributed by atoms with Crippen molar-refractivity contribution in [3.05, 3.63) is 228 Å². The van der Waals surface area contributed by atoms with Crippen molar-refractivity contribution < 1.29 is 0 Å². The quantitative estimate of drug-likeness (QED) is 0.0862. The molecular formula is C64H49N. The largest absolute Gasteiger partial charge is 0.253 e. The number of aryl methyl sites for hydroxylation is 1. The van der Waals surface area contributed by atoms with Crippen molar-refractivity contribution >= 4 is 83.0 Å². The molecule has 0 N–H and O–H groups in total. The molecule has 10 aromatic carbocycles. The Bertz CT molecular complexity index is 3660. The van der Waals surface area contributed by atoms with Gasteiger partial charge in [-0.25, -0.2) is 0 Å². The lowest BCUT2D eigenvalue weighted by Crippen LogP contribution is -1.96. The van der Waals surface area contributed by atoms with Gasteiger partial charge < -0.3 is 0 Å². The van der Waals surface area contributed by atoms with Crippen molar-refractivity contribution in [1.82, 2.24) is 0 Å². The van der Waals surface area contributed by atoms with Crippen LogP contribution in [0.25, 0.3) is 105 Å². The van der Waals surface area contributed by atoms with Gasteiger partial charge in [-0.05, 0) is 167 Å². The van der Waals surface area contributed by atoms with Crippen LogP contribution in [0.4, 0.5) is 5.69 Å². The van der Waals surface area contributed by atoms with Crippen molar-refractivity contribution in [1.29, 1.82) is 0 Å². The first-order valence-electron chi connectivity index (χ1n) is 22.8. The molecule has 0 spiro atoms. The van der Waals surface area contributed by atoms with Gasteiger partial charge in [-0.3, -0.25) is 4.99 Å². The molecule has 310 valence electrons. The molecule has 0 aromatic heterocycles. The molecule has 11 rings (SSSR count). The molecule has 0 amide bonds. The Morgan fingerprint density at radius 2 is 1.08 bits per heavy atom. The molecule has 0 heterocycles. The molecule has 1 aliphatic rings. The number of fused-ring (bicyclic) bond motifs is 6. The Balaban J connectivity index is 1.10. The van der Waals surface area contributed by atoms with Crippen molar-refractivity contribution in [3.63, 3.8) is 0 Å². The van der Waals surface area contributed by atoms with E-state index in [1.165, 1.54) is 104 Å². The van der Waals surface area contributed by atoms with E-state index in [0.717, 1.165) is 34.5 Å². The van der Waals surface area contributed by atoms with Crippen LogP contribution in [0, 0.1) is 13.8 Å². The molecule has 0 radical (unpaired) electrons. The predicted octanol–water partition coefficient (Wildman–Crippen LogP) is 18.3. The lowest BCUT2D eigenvalue weighted by atomic mass is 9.83. The van der Waals surface area contributed by atoms with Crippen LogP contribution in [0.5, 0.6) is 0 Å². The number of rotatable bonds is 7. The van der Waals surface area contributed by atoms with E-state index in [0.29, 0.717) is 0 Å². The SMILES string of the molecule is C/C=C(\C=C/C(C)=Nc1c(C)c(-c2ccc3ccccc3c2)c2ccccc2c1-c1cc(C)c2ccccc2c1)c1c2ccccc2c(-c2cccc3c2C=CCC=C3)c2ccccc12. The average molecular weight is 832 g/mol. The average Bonchev–Trinajstić information content (AvgIpc) is 3.60. The molecule has 0 unspecified atom stereocenters. The summed E-state index contributed by atoms with van der Waals surface area (Å²) >= 11 is 0. The fraction of sp³-hybridized carbons (Fsp3) is 0.0781. The zero-order valence-electron chi connectivity index (χ0n) is 37.4. The molecule has 10 aromatic rings. The first kappa shape index (κ1) is 39.9. The molecule has 0 fully saturated rings. The van der Waals surface area contributed by atoms with Gasteiger partial charge in [0.2, 0.25) is 0 Å². The van der Waals surface area contributed by atoms with E-state index < -0.39 is 0 Å². The van der Waals surface area contributed by atoms with E-state index in [1.807, 2.05) is 0 Å². The summed E-state index contributed by atoms with van der Waals surface area (Å²) in [6, 6.07) is 62.4. The van der Waals surface area contributed by atoms with Gasteiger partial charge in [0.05, 0.1) is 5.69 Å². The Kier molecular flexibility index (Phi) is 10.2. The zero-order chi connectivity index (χ0) is 44.0. The fourth-order valence-corrected chi connectivity index (χ4v) is 10.4. The molecule has 0 bridgehead atoms. The minimum Gasteiger partial charge on any atom is -0.253 e. The smallest absolute Gasteiger partial charge is 0.0752 e. The second-order valence-corrected chi connectivity index (χ2v) is 17.4. The monoisotopic (exact) mass is 831 g/mol. The molecule has 0 saturated heterocycles. The van der Waals surface area contributed by atoms with Crippen LogP contribution < -0.4 is 0 Å². The Morgan fingerprint density at radius 1 is 0.492 bits per heavy atom. The van der Waals surface area contributed by atoms with Gasteiger partial charge in [-0.2, -0.15) is 0 Å². The molecule has 0 aliphatic heterocycles. The van der Waals surface area contributed by atoms with Crippen molar-refractivity contribution in [3.8, 4) is 33.4 Å². The number of nitrogens with zero attached hydrogens (tertiary/aromatic N) is 1. The molecule has 0 atom stereocenters. The Morgan fingerprint density at radius 3 is 1.78 bits per heavy atom. The van der Waals surface area contributed by atoms with Crippen molar-refractivity contribution in [2.24, 2.45) is 4.99 Å². The number of allylic oxidation sites excluding steroid dienone is 6. The maximum absolute atomic E-state index is 5.66. The van der Waals surface area contributed by atoms with Crippen LogP contribution in [0.1, 0.15) is 48.1 Å². The fourth-order valence-electron chi connectivity index (χ4n) is 10.4. The summed E-state index contributed by atoms with van der Waals surface area (Å²) in [6.45, 7) is 8.79. The summed E-state index contributed by atoms with van der Waals surface area (Å²) in [7, 11) is 0. The first-order chi connectivity index (χ1) is 32.0. The summed E-state index contributed by atoms with van der Waals surface area (Å²) in [6.07, 6.45) is 16.8. The summed E-state index contributed by atoms with van der Waals surface area (Å²) in [4.78, 5) is 5.66. The van der Waals surface area contributed by atoms with E-state index >= 15 is 0 Å². The highest BCUT2D eigenvalue weighted by atomic mass is 14.8. The molecule has 1 aliphatic carbocycles. The van der Waals surface area contributed by atoms with Gasteiger partial charge in [-0.15, -0.1) is 0 Å². The van der Waals surface area contributed by atoms with E-state index in [9.17, 15) is 0 Å². The van der Waals surface area contributed by atoms with Crippen LogP contribution in [0.3, 0.4) is 0 Å². The van der Waals surface area contributed by atoms with E-state index in [-0.39, 0.29) is 0 Å². The molecule has 0 saturated carbocycles. The highest BCUT2D eigenvalue weighted by Crippen LogP contribution is 2.48. The van der Waals surface area contributed by atoms with Gasteiger partial charge >= 0.3 is 0 Å². The standard InChI is InChI=1S/C64H49N/c1-5-44(61-55-28-14-17-31-58(55)63(59-32-18-15-29-56(59)61)53-33-19-24-46-21-7-6-8-26-52(46)53)35-34-42(3)65-64-43(4)60(49-37-36-45-20-9-10-22-47(45)39-49)54-27-13-16-30-57(54)62(64)50-38-41(2)51-25-12-11-23-48(51)40-50/h5,7-40H,6H2,1-4H3/b35-34-,44-5+,65-42?. The van der Waals surface area contributed by atoms with Crippen LogP contribution in [-0.4, -0.2) is 5.71 Å². The maximum atomic E-state index is 5.66. The minimum atomic E-state index is 0.933. The second-order valence-electron chi connectivity index (χ2n) is 17.4. The Labute approximate surface area is 381 Å². The lowest BCUT2D eigenvalue weighted by Gasteiger charge is -2.21. The summed E-state index contributed by atoms with van der Waals surface area (Å²) < 4.78 is 0. The third-order valence-corrected chi connectivity index (χ3v) is 13.4. The third kappa shape index (κ3) is 7.01. The second kappa shape index (κ2) is 16.7. The van der Waals surface area contributed by atoms with Crippen LogP contribution in [0.2, 0.25) is 0 Å². The number of hydrogen-bond donors (Lipinski definition) is 0. The molecule has 1 heteroatoms. The van der Waals surface area contributed by atoms with Gasteiger partial charge in [0, 0.05) is 11.3 Å². The predicted molar refractivity (Wildman–Crippen MR) is 284 cm³/mol. The minimum absolute atomic E-state index is 0.933. The number of aliphatic imine (C=N–C) groups is 1. The normalized spacial score (nSPS) is 13.2. The highest BCUT2D eigenvalue weighted by molar-refractivity contribution is 6.21. The van der Waals surface area contributed by atoms with E-state index in [1.54, 1.807) is 0 Å². The van der Waals surface area contributed by atoms with Gasteiger partial charge in [-0.1, -0.05) is 194 Å². The summed E-state index contributed by atoms with van der Waals surface area (Å²) in [5.41, 5.74) is 16.6. The molecular weight excluding hydrogens is 783 g/mol. The van der Waals surface area contributed by atoms with Crippen molar-refractivity contribution in [2.45, 2.75) is 34.1 Å². The van der Waals surface area contributed by atoms with Crippen LogP contribution in [0.15, 0.2) is 205 Å². The Hall–Kier alpha value is -7.87. The molecule has 65 heavy (non-hydrogen) atoms. The van der Waals surface area contributed by atoms with Gasteiger partial charge in [0.25, 0.3) is 0 Å². The summed E-state index contributed by atoms with van der Waals surface area (Å²) in [5, 5.41) is 12.4. The van der Waals surface area contributed by atoms with Gasteiger partial charge in [0.1, 0.15) is 0 Å². The maximum Gasteiger partial charge on any atom is 0.0752 e. The number of hydrogen-bond acceptors (Lipinski definition) is 1. The number of benzene rings is 10. The highest BCUT2D eigenvalue weighted by Gasteiger charge is 2.22. The van der Waals surface area contributed by atoms with Crippen LogP contribution >= 0.6 is 0 Å². The van der Waals surface area contributed by atoms with E-state index in [4.69, 9.17) is 4.99 Å². The van der Waals surface area contributed by atoms with Crippen LogP contribution in [-0.2, 0) is 0 Å². The third-order valence-electron chi connectivity index (χ3n) is 13.4.